The molecule has 1 aromatic rings. The van der Waals surface area contributed by atoms with Gasteiger partial charge < -0.3 is 5.11 Å². The highest BCUT2D eigenvalue weighted by atomic mass is 32.2. The van der Waals surface area contributed by atoms with Crippen molar-refractivity contribution in [1.82, 2.24) is 0 Å². The molecule has 21 heavy (non-hydrogen) atoms. The van der Waals surface area contributed by atoms with Crippen LogP contribution in [0.2, 0.25) is 0 Å². The second kappa shape index (κ2) is 12.0. The summed E-state index contributed by atoms with van der Waals surface area (Å²) in [7, 11) is 0. The van der Waals surface area contributed by atoms with Gasteiger partial charge in [0.2, 0.25) is 0 Å². The van der Waals surface area contributed by atoms with Crippen LogP contribution in [0, 0.1) is 6.92 Å². The summed E-state index contributed by atoms with van der Waals surface area (Å²) in [6.07, 6.45) is 13.8. The molecule has 1 N–H and O–H groups in total. The van der Waals surface area contributed by atoms with E-state index in [-0.39, 0.29) is 0 Å². The van der Waals surface area contributed by atoms with E-state index in [4.69, 9.17) is 0 Å². The summed E-state index contributed by atoms with van der Waals surface area (Å²) in [5.41, 5.74) is 0.975. The number of thioether (sulfide) groups is 1. The topological polar surface area (TPSA) is 20.2 Å². The molecule has 0 radical (unpaired) electrons. The molecule has 0 saturated heterocycles. The molecule has 0 unspecified atom stereocenters. The molecule has 0 heterocycles. The number of phenols is 1. The average Bonchev–Trinajstić information content (AvgIpc) is 2.49. The minimum Gasteiger partial charge on any atom is -0.507 e. The van der Waals surface area contributed by atoms with Crippen molar-refractivity contribution in [3.8, 4) is 5.75 Å². The number of rotatable bonds is 12. The van der Waals surface area contributed by atoms with Crippen LogP contribution in [0.15, 0.2) is 23.1 Å². The van der Waals surface area contributed by atoms with E-state index in [2.05, 4.69) is 6.92 Å². The molecule has 1 nitrogen and oxygen atoms in total. The largest absolute Gasteiger partial charge is 0.507 e. The molecule has 0 fully saturated rings. The summed E-state index contributed by atoms with van der Waals surface area (Å²) in [6.45, 7) is 4.23. The van der Waals surface area contributed by atoms with Crippen molar-refractivity contribution in [2.75, 3.05) is 5.75 Å². The molecule has 0 aliphatic heterocycles. The van der Waals surface area contributed by atoms with Gasteiger partial charge in [0, 0.05) is 4.90 Å². The van der Waals surface area contributed by atoms with Crippen LogP contribution in [0.5, 0.6) is 5.75 Å². The zero-order chi connectivity index (χ0) is 15.3. The number of aryl methyl sites for hydroxylation is 1. The highest BCUT2D eigenvalue weighted by Gasteiger charge is 2.03. The quantitative estimate of drug-likeness (QED) is 0.342. The molecule has 0 aliphatic carbocycles. The summed E-state index contributed by atoms with van der Waals surface area (Å²) >= 11 is 1.79. The lowest BCUT2D eigenvalue weighted by Gasteiger charge is -2.06. The zero-order valence-electron chi connectivity index (χ0n) is 13.9. The minimum absolute atomic E-state index is 0.467. The molecular formula is C19H32OS. The molecular weight excluding hydrogens is 276 g/mol. The van der Waals surface area contributed by atoms with E-state index in [9.17, 15) is 5.11 Å². The van der Waals surface area contributed by atoms with Crippen molar-refractivity contribution in [1.29, 1.82) is 0 Å². The van der Waals surface area contributed by atoms with Crippen molar-refractivity contribution in [3.05, 3.63) is 23.8 Å². The predicted octanol–water partition coefficient (Wildman–Crippen LogP) is 6.71. The fraction of sp³-hybridized carbons (Fsp3) is 0.684. The van der Waals surface area contributed by atoms with Crippen molar-refractivity contribution in [2.45, 2.75) is 83.0 Å². The second-order valence-corrected chi connectivity index (χ2v) is 7.09. The Morgan fingerprint density at radius 3 is 2.05 bits per heavy atom. The van der Waals surface area contributed by atoms with E-state index >= 15 is 0 Å². The van der Waals surface area contributed by atoms with Crippen LogP contribution in [-0.2, 0) is 0 Å². The third-order valence-corrected chi connectivity index (χ3v) is 5.09. The van der Waals surface area contributed by atoms with Crippen LogP contribution in [0.3, 0.4) is 0 Å². The summed E-state index contributed by atoms with van der Waals surface area (Å²) in [4.78, 5) is 1.03. The van der Waals surface area contributed by atoms with Crippen molar-refractivity contribution >= 4 is 11.8 Å². The first-order valence-electron chi connectivity index (χ1n) is 8.67. The molecule has 0 saturated carbocycles. The normalized spacial score (nSPS) is 11.0. The first-order chi connectivity index (χ1) is 10.3. The first kappa shape index (κ1) is 18.4. The van der Waals surface area contributed by atoms with Gasteiger partial charge in [-0.15, -0.1) is 11.8 Å². The van der Waals surface area contributed by atoms with Gasteiger partial charge in [0.25, 0.3) is 0 Å². The molecule has 0 bridgehead atoms. The Labute approximate surface area is 135 Å². The standard InChI is InChI=1S/C19H32OS/c1-3-4-5-6-7-8-9-10-11-12-16-21-18-15-13-14-17(2)19(18)20/h13-15,20H,3-12,16H2,1-2H3. The first-order valence-corrected chi connectivity index (χ1v) is 9.65. The van der Waals surface area contributed by atoms with Crippen molar-refractivity contribution < 1.29 is 5.11 Å². The molecule has 1 aromatic carbocycles. The third kappa shape index (κ3) is 8.40. The highest BCUT2D eigenvalue weighted by molar-refractivity contribution is 7.99. The number of phenolic OH excluding ortho intramolecular Hbond substituents is 1. The Kier molecular flexibility index (Phi) is 10.5. The number of hydrogen-bond donors (Lipinski definition) is 1. The maximum Gasteiger partial charge on any atom is 0.132 e. The van der Waals surface area contributed by atoms with Crippen LogP contribution in [-0.4, -0.2) is 10.9 Å². The molecule has 120 valence electrons. The Balaban J connectivity index is 1.94. The maximum atomic E-state index is 9.94. The molecule has 1 rings (SSSR count). The van der Waals surface area contributed by atoms with Gasteiger partial charge in [0.1, 0.15) is 5.75 Å². The fourth-order valence-corrected chi connectivity index (χ4v) is 3.56. The molecule has 0 spiro atoms. The molecule has 2 heteroatoms. The second-order valence-electron chi connectivity index (χ2n) is 5.95. The van der Waals surface area contributed by atoms with Gasteiger partial charge in [0.15, 0.2) is 0 Å². The number of unbranched alkanes of at least 4 members (excludes halogenated alkanes) is 9. The number of aromatic hydroxyl groups is 1. The van der Waals surface area contributed by atoms with Crippen LogP contribution in [0.1, 0.15) is 76.7 Å². The number of hydrogen-bond acceptors (Lipinski definition) is 2. The average molecular weight is 309 g/mol. The lowest BCUT2D eigenvalue weighted by atomic mass is 10.1. The van der Waals surface area contributed by atoms with Crippen molar-refractivity contribution in [3.63, 3.8) is 0 Å². The predicted molar refractivity (Wildman–Crippen MR) is 95.4 cm³/mol. The maximum absolute atomic E-state index is 9.94. The zero-order valence-corrected chi connectivity index (χ0v) is 14.7. The summed E-state index contributed by atoms with van der Waals surface area (Å²) in [6, 6.07) is 6.00. The lowest BCUT2D eigenvalue weighted by molar-refractivity contribution is 0.458. The summed E-state index contributed by atoms with van der Waals surface area (Å²) < 4.78 is 0. The van der Waals surface area contributed by atoms with E-state index in [1.165, 1.54) is 64.2 Å². The Hall–Kier alpha value is -0.630. The fourth-order valence-electron chi connectivity index (χ4n) is 2.52. The van der Waals surface area contributed by atoms with E-state index in [1.54, 1.807) is 11.8 Å². The van der Waals surface area contributed by atoms with Gasteiger partial charge >= 0.3 is 0 Å². The van der Waals surface area contributed by atoms with Crippen molar-refractivity contribution in [2.24, 2.45) is 0 Å². The van der Waals surface area contributed by atoms with Crippen LogP contribution < -0.4 is 0 Å². The van der Waals surface area contributed by atoms with Gasteiger partial charge in [0.05, 0.1) is 0 Å². The Morgan fingerprint density at radius 2 is 1.43 bits per heavy atom. The smallest absolute Gasteiger partial charge is 0.132 e. The Bertz CT molecular complexity index is 376. The Morgan fingerprint density at radius 1 is 0.857 bits per heavy atom. The van der Waals surface area contributed by atoms with Gasteiger partial charge in [-0.1, -0.05) is 76.8 Å². The molecule has 0 amide bonds. The van der Waals surface area contributed by atoms with E-state index < -0.39 is 0 Å². The number of benzene rings is 1. The van der Waals surface area contributed by atoms with Crippen LogP contribution in [0.25, 0.3) is 0 Å². The van der Waals surface area contributed by atoms with Crippen LogP contribution in [0.4, 0.5) is 0 Å². The molecule has 0 atom stereocenters. The van der Waals surface area contributed by atoms with Crippen LogP contribution >= 0.6 is 11.8 Å². The van der Waals surface area contributed by atoms with Gasteiger partial charge in [-0.05, 0) is 30.7 Å². The molecule has 0 aliphatic rings. The van der Waals surface area contributed by atoms with Gasteiger partial charge in [-0.2, -0.15) is 0 Å². The molecule has 0 aromatic heterocycles. The summed E-state index contributed by atoms with van der Waals surface area (Å²) in [5.74, 6) is 1.59. The lowest BCUT2D eigenvalue weighted by Crippen LogP contribution is -1.85. The van der Waals surface area contributed by atoms with E-state index in [1.807, 2.05) is 25.1 Å². The minimum atomic E-state index is 0.467. The monoisotopic (exact) mass is 308 g/mol. The highest BCUT2D eigenvalue weighted by Crippen LogP contribution is 2.31. The van der Waals surface area contributed by atoms with Gasteiger partial charge in [-0.3, -0.25) is 0 Å². The number of para-hydroxylation sites is 1. The SMILES string of the molecule is CCCCCCCCCCCCSc1cccc(C)c1O. The third-order valence-electron chi connectivity index (χ3n) is 3.96. The van der Waals surface area contributed by atoms with E-state index in [0.717, 1.165) is 16.2 Å². The van der Waals surface area contributed by atoms with E-state index in [0.29, 0.717) is 5.75 Å². The summed E-state index contributed by atoms with van der Waals surface area (Å²) in [5, 5.41) is 9.94. The van der Waals surface area contributed by atoms with Gasteiger partial charge in [-0.25, -0.2) is 0 Å².